The lowest BCUT2D eigenvalue weighted by Gasteiger charge is -2.04. The average Bonchev–Trinajstić information content (AvgIpc) is 2.84. The van der Waals surface area contributed by atoms with Crippen molar-refractivity contribution >= 4 is 27.3 Å². The number of hydrogen-bond acceptors (Lipinski definition) is 3. The average molecular weight is 287 g/mol. The highest BCUT2D eigenvalue weighted by Crippen LogP contribution is 2.29. The van der Waals surface area contributed by atoms with E-state index in [0.717, 1.165) is 21.5 Å². The lowest BCUT2D eigenvalue weighted by Crippen LogP contribution is -1.96. The van der Waals surface area contributed by atoms with E-state index in [1.165, 1.54) is 11.3 Å². The van der Waals surface area contributed by atoms with Crippen molar-refractivity contribution in [2.75, 3.05) is 0 Å². The van der Waals surface area contributed by atoms with Gasteiger partial charge in [-0.1, -0.05) is 0 Å². The zero-order chi connectivity index (χ0) is 10.8. The Morgan fingerprint density at radius 2 is 2.47 bits per heavy atom. The lowest BCUT2D eigenvalue weighted by atomic mass is 10.2. The van der Waals surface area contributed by atoms with Crippen molar-refractivity contribution in [3.63, 3.8) is 0 Å². The molecule has 0 spiro atoms. The van der Waals surface area contributed by atoms with E-state index in [9.17, 15) is 5.11 Å². The van der Waals surface area contributed by atoms with E-state index in [0.29, 0.717) is 0 Å². The van der Waals surface area contributed by atoms with E-state index in [-0.39, 0.29) is 0 Å². The summed E-state index contributed by atoms with van der Waals surface area (Å²) in [6, 6.07) is 1.93. The third kappa shape index (κ3) is 2.30. The standard InChI is InChI=1S/C10H11BrN2OS/c1-2-13-5-7(4-12-13)10(14)9-3-8(11)6-15-9/h3-6,10,14H,2H2,1H3. The maximum absolute atomic E-state index is 10.1. The van der Waals surface area contributed by atoms with Crippen LogP contribution in [0.2, 0.25) is 0 Å². The fourth-order valence-electron chi connectivity index (χ4n) is 1.33. The van der Waals surface area contributed by atoms with Gasteiger partial charge in [0.2, 0.25) is 0 Å². The van der Waals surface area contributed by atoms with Gasteiger partial charge in [-0.25, -0.2) is 0 Å². The summed E-state index contributed by atoms with van der Waals surface area (Å²) in [6.45, 7) is 2.84. The zero-order valence-electron chi connectivity index (χ0n) is 8.22. The van der Waals surface area contributed by atoms with Crippen molar-refractivity contribution in [3.05, 3.63) is 38.8 Å². The SMILES string of the molecule is CCn1cc(C(O)c2cc(Br)cs2)cn1. The third-order valence-corrected chi connectivity index (χ3v) is 3.90. The lowest BCUT2D eigenvalue weighted by molar-refractivity contribution is 0.224. The molecule has 2 heterocycles. The van der Waals surface area contributed by atoms with Crippen LogP contribution in [0.5, 0.6) is 0 Å². The van der Waals surface area contributed by atoms with Gasteiger partial charge >= 0.3 is 0 Å². The molecule has 2 aromatic heterocycles. The van der Waals surface area contributed by atoms with Crippen molar-refractivity contribution in [1.82, 2.24) is 9.78 Å². The minimum Gasteiger partial charge on any atom is -0.383 e. The molecule has 5 heteroatoms. The smallest absolute Gasteiger partial charge is 0.116 e. The molecule has 0 aliphatic rings. The molecule has 0 saturated carbocycles. The number of aliphatic hydroxyl groups is 1. The molecule has 0 radical (unpaired) electrons. The van der Waals surface area contributed by atoms with Crippen LogP contribution in [0.4, 0.5) is 0 Å². The van der Waals surface area contributed by atoms with Gasteiger partial charge in [-0.15, -0.1) is 11.3 Å². The Morgan fingerprint density at radius 3 is 3.00 bits per heavy atom. The summed E-state index contributed by atoms with van der Waals surface area (Å²) >= 11 is 4.91. The van der Waals surface area contributed by atoms with Crippen LogP contribution in [0.25, 0.3) is 0 Å². The molecular formula is C10H11BrN2OS. The molecule has 15 heavy (non-hydrogen) atoms. The van der Waals surface area contributed by atoms with E-state index in [1.807, 2.05) is 24.6 Å². The zero-order valence-corrected chi connectivity index (χ0v) is 10.6. The van der Waals surface area contributed by atoms with E-state index >= 15 is 0 Å². The molecule has 2 aromatic rings. The molecule has 0 amide bonds. The van der Waals surface area contributed by atoms with Crippen LogP contribution in [0, 0.1) is 0 Å². The highest BCUT2D eigenvalue weighted by molar-refractivity contribution is 9.10. The van der Waals surface area contributed by atoms with Crippen molar-refractivity contribution < 1.29 is 5.11 Å². The third-order valence-electron chi connectivity index (χ3n) is 2.15. The summed E-state index contributed by atoms with van der Waals surface area (Å²) in [5.74, 6) is 0. The molecule has 0 aliphatic heterocycles. The molecule has 1 atom stereocenters. The molecule has 0 aromatic carbocycles. The van der Waals surface area contributed by atoms with Gasteiger partial charge < -0.3 is 5.11 Å². The summed E-state index contributed by atoms with van der Waals surface area (Å²) in [6.07, 6.45) is 3.02. The van der Waals surface area contributed by atoms with Crippen molar-refractivity contribution in [2.24, 2.45) is 0 Å². The van der Waals surface area contributed by atoms with E-state index in [1.54, 1.807) is 10.9 Å². The van der Waals surface area contributed by atoms with Crippen LogP contribution in [0.3, 0.4) is 0 Å². The number of thiophene rings is 1. The van der Waals surface area contributed by atoms with E-state index < -0.39 is 6.10 Å². The number of aromatic nitrogens is 2. The van der Waals surface area contributed by atoms with Crippen molar-refractivity contribution in [3.8, 4) is 0 Å². The summed E-state index contributed by atoms with van der Waals surface area (Å²) in [5, 5.41) is 16.1. The van der Waals surface area contributed by atoms with Gasteiger partial charge in [0.25, 0.3) is 0 Å². The van der Waals surface area contributed by atoms with Gasteiger partial charge in [-0.05, 0) is 28.9 Å². The molecule has 3 nitrogen and oxygen atoms in total. The summed E-state index contributed by atoms with van der Waals surface area (Å²) in [4.78, 5) is 0.928. The Morgan fingerprint density at radius 1 is 1.67 bits per heavy atom. The molecular weight excluding hydrogens is 276 g/mol. The number of nitrogens with zero attached hydrogens (tertiary/aromatic N) is 2. The van der Waals surface area contributed by atoms with Gasteiger partial charge in [0.05, 0.1) is 6.20 Å². The summed E-state index contributed by atoms with van der Waals surface area (Å²) in [7, 11) is 0. The highest BCUT2D eigenvalue weighted by Gasteiger charge is 2.14. The first kappa shape index (κ1) is 10.9. The molecule has 1 N–H and O–H groups in total. The molecule has 80 valence electrons. The first-order chi connectivity index (χ1) is 7.20. The van der Waals surface area contributed by atoms with Crippen LogP contribution >= 0.6 is 27.3 Å². The Hall–Kier alpha value is -0.650. The monoisotopic (exact) mass is 286 g/mol. The fraction of sp³-hybridized carbons (Fsp3) is 0.300. The second-order valence-corrected chi connectivity index (χ2v) is 5.06. The fourth-order valence-corrected chi connectivity index (χ4v) is 2.78. The molecule has 0 aliphatic carbocycles. The maximum atomic E-state index is 10.1. The number of hydrogen-bond donors (Lipinski definition) is 1. The molecule has 2 rings (SSSR count). The second-order valence-electron chi connectivity index (χ2n) is 3.20. The topological polar surface area (TPSA) is 38.0 Å². The molecule has 1 unspecified atom stereocenters. The quantitative estimate of drug-likeness (QED) is 0.942. The second kappa shape index (κ2) is 4.47. The predicted molar refractivity (Wildman–Crippen MR) is 64.0 cm³/mol. The Balaban J connectivity index is 2.23. The normalized spacial score (nSPS) is 13.0. The Bertz CT molecular complexity index is 452. The number of halogens is 1. The largest absolute Gasteiger partial charge is 0.383 e. The summed E-state index contributed by atoms with van der Waals surface area (Å²) < 4.78 is 2.81. The highest BCUT2D eigenvalue weighted by atomic mass is 79.9. The van der Waals surface area contributed by atoms with Gasteiger partial charge in [0.1, 0.15) is 6.10 Å². The molecule has 0 fully saturated rings. The Labute approximate surface area is 100 Å². The van der Waals surface area contributed by atoms with Crippen LogP contribution in [-0.4, -0.2) is 14.9 Å². The number of aryl methyl sites for hydroxylation is 1. The van der Waals surface area contributed by atoms with Crippen LogP contribution < -0.4 is 0 Å². The molecule has 0 bridgehead atoms. The Kier molecular flexibility index (Phi) is 3.23. The number of aliphatic hydroxyl groups excluding tert-OH is 1. The van der Waals surface area contributed by atoms with Gasteiger partial charge in [-0.3, -0.25) is 4.68 Å². The van der Waals surface area contributed by atoms with Crippen LogP contribution in [0.1, 0.15) is 23.5 Å². The van der Waals surface area contributed by atoms with Crippen LogP contribution in [-0.2, 0) is 6.54 Å². The predicted octanol–water partition coefficient (Wildman–Crippen LogP) is 2.81. The van der Waals surface area contributed by atoms with Crippen LogP contribution in [0.15, 0.2) is 28.3 Å². The minimum absolute atomic E-state index is 0.568. The van der Waals surface area contributed by atoms with E-state index in [2.05, 4.69) is 21.0 Å². The van der Waals surface area contributed by atoms with Gasteiger partial charge in [0, 0.05) is 33.0 Å². The first-order valence-electron chi connectivity index (χ1n) is 4.65. The van der Waals surface area contributed by atoms with Gasteiger partial charge in [0.15, 0.2) is 0 Å². The first-order valence-corrected chi connectivity index (χ1v) is 6.32. The number of rotatable bonds is 3. The summed E-state index contributed by atoms with van der Waals surface area (Å²) in [5.41, 5.74) is 0.839. The van der Waals surface area contributed by atoms with Gasteiger partial charge in [-0.2, -0.15) is 5.10 Å². The maximum Gasteiger partial charge on any atom is 0.116 e. The molecule has 0 saturated heterocycles. The minimum atomic E-state index is -0.568. The van der Waals surface area contributed by atoms with Crippen molar-refractivity contribution in [2.45, 2.75) is 19.6 Å². The van der Waals surface area contributed by atoms with Crippen molar-refractivity contribution in [1.29, 1.82) is 0 Å². The van der Waals surface area contributed by atoms with E-state index in [4.69, 9.17) is 0 Å².